The van der Waals surface area contributed by atoms with Gasteiger partial charge in [-0.25, -0.2) is 4.79 Å². The van der Waals surface area contributed by atoms with E-state index in [1.54, 1.807) is 18.9 Å². The molecule has 0 bridgehead atoms. The van der Waals surface area contributed by atoms with E-state index >= 15 is 0 Å². The topological polar surface area (TPSA) is 70.7 Å². The van der Waals surface area contributed by atoms with Gasteiger partial charge in [0, 0.05) is 24.4 Å². The molecular weight excluding hydrogens is 350 g/mol. The number of carbonyl (C=O) groups is 2. The molecule has 0 radical (unpaired) electrons. The summed E-state index contributed by atoms with van der Waals surface area (Å²) in [7, 11) is 1.80. The van der Waals surface area contributed by atoms with Crippen molar-refractivity contribution in [1.82, 2.24) is 10.2 Å². The Labute approximate surface area is 159 Å². The van der Waals surface area contributed by atoms with Crippen LogP contribution in [0.25, 0.3) is 0 Å². The molecule has 1 aromatic carbocycles. The van der Waals surface area contributed by atoms with Crippen molar-refractivity contribution in [2.45, 2.75) is 33.7 Å². The Hall–Kier alpha value is -2.41. The Morgan fingerprint density at radius 3 is 2.69 bits per heavy atom. The fraction of sp³-hybridized carbons (Fsp3) is 0.421. The van der Waals surface area contributed by atoms with E-state index in [1.807, 2.05) is 45.0 Å². The molecule has 2 N–H and O–H groups in total. The monoisotopic (exact) mass is 375 g/mol. The summed E-state index contributed by atoms with van der Waals surface area (Å²) >= 11 is 5.38. The van der Waals surface area contributed by atoms with Crippen LogP contribution in [0.15, 0.2) is 35.5 Å². The minimum absolute atomic E-state index is 0.0636. The first kappa shape index (κ1) is 19.9. The highest BCUT2D eigenvalue weighted by Crippen LogP contribution is 2.31. The fourth-order valence-corrected chi connectivity index (χ4v) is 2.90. The first-order valence-corrected chi connectivity index (χ1v) is 9.00. The molecule has 1 aliphatic heterocycles. The molecule has 140 valence electrons. The third-order valence-electron chi connectivity index (χ3n) is 4.26. The fourth-order valence-electron chi connectivity index (χ4n) is 2.64. The van der Waals surface area contributed by atoms with Gasteiger partial charge in [-0.15, -0.1) is 0 Å². The van der Waals surface area contributed by atoms with Crippen LogP contribution in [0.5, 0.6) is 0 Å². The molecule has 0 saturated heterocycles. The standard InChI is InChI=1S/C19H25N3O3S/c1-6-25-18(24)15-12(4)22(5)19(26)21-16(15)13-8-7-9-14(10-13)20-17(23)11(2)3/h7-11,16H,6H2,1-5H3,(H,20,23)(H,21,26). The van der Waals surface area contributed by atoms with Crippen molar-refractivity contribution in [1.29, 1.82) is 0 Å². The van der Waals surface area contributed by atoms with E-state index in [2.05, 4.69) is 10.6 Å². The number of ether oxygens (including phenoxy) is 1. The Bertz CT molecular complexity index is 758. The van der Waals surface area contributed by atoms with E-state index in [4.69, 9.17) is 17.0 Å². The highest BCUT2D eigenvalue weighted by molar-refractivity contribution is 7.80. The van der Waals surface area contributed by atoms with E-state index in [0.29, 0.717) is 23.0 Å². The lowest BCUT2D eigenvalue weighted by Gasteiger charge is -2.35. The second kappa shape index (κ2) is 8.31. The van der Waals surface area contributed by atoms with Crippen LogP contribution in [0.3, 0.4) is 0 Å². The summed E-state index contributed by atoms with van der Waals surface area (Å²) in [6, 6.07) is 6.96. The molecule has 0 fully saturated rings. The van der Waals surface area contributed by atoms with Crippen LogP contribution in [-0.2, 0) is 14.3 Å². The smallest absolute Gasteiger partial charge is 0.338 e. The number of rotatable bonds is 5. The molecule has 6 nitrogen and oxygen atoms in total. The molecule has 0 saturated carbocycles. The highest BCUT2D eigenvalue weighted by Gasteiger charge is 2.33. The molecule has 1 amide bonds. The number of carbonyl (C=O) groups excluding carboxylic acids is 2. The summed E-state index contributed by atoms with van der Waals surface area (Å²) in [4.78, 5) is 26.3. The lowest BCUT2D eigenvalue weighted by atomic mass is 9.94. The van der Waals surface area contributed by atoms with Crippen molar-refractivity contribution in [2.24, 2.45) is 5.92 Å². The van der Waals surface area contributed by atoms with E-state index in [0.717, 1.165) is 11.3 Å². The van der Waals surface area contributed by atoms with Gasteiger partial charge in [0.15, 0.2) is 5.11 Å². The van der Waals surface area contributed by atoms with Gasteiger partial charge >= 0.3 is 5.97 Å². The first-order chi connectivity index (χ1) is 12.3. The Morgan fingerprint density at radius 1 is 1.38 bits per heavy atom. The Morgan fingerprint density at radius 2 is 2.08 bits per heavy atom. The minimum Gasteiger partial charge on any atom is -0.463 e. The summed E-state index contributed by atoms with van der Waals surface area (Å²) in [6.45, 7) is 7.58. The quantitative estimate of drug-likeness (QED) is 0.609. The predicted octanol–water partition coefficient (Wildman–Crippen LogP) is 2.98. The number of hydrogen-bond donors (Lipinski definition) is 2. The van der Waals surface area contributed by atoms with E-state index < -0.39 is 6.04 Å². The maximum absolute atomic E-state index is 12.5. The molecule has 2 rings (SSSR count). The van der Waals surface area contributed by atoms with E-state index in [1.165, 1.54) is 0 Å². The van der Waals surface area contributed by atoms with Gasteiger partial charge in [-0.2, -0.15) is 0 Å². The number of benzene rings is 1. The van der Waals surface area contributed by atoms with Gasteiger partial charge in [0.2, 0.25) is 5.91 Å². The average molecular weight is 375 g/mol. The van der Waals surface area contributed by atoms with E-state index in [-0.39, 0.29) is 17.8 Å². The number of anilines is 1. The number of nitrogens with zero attached hydrogens (tertiary/aromatic N) is 1. The lowest BCUT2D eigenvalue weighted by Crippen LogP contribution is -2.46. The summed E-state index contributed by atoms with van der Waals surface area (Å²) < 4.78 is 5.24. The number of amides is 1. The largest absolute Gasteiger partial charge is 0.463 e. The molecule has 0 spiro atoms. The van der Waals surface area contributed by atoms with E-state index in [9.17, 15) is 9.59 Å². The van der Waals surface area contributed by atoms with Crippen LogP contribution < -0.4 is 10.6 Å². The van der Waals surface area contributed by atoms with Crippen molar-refractivity contribution in [3.05, 3.63) is 41.1 Å². The molecule has 0 aromatic heterocycles. The molecule has 1 aliphatic rings. The molecule has 26 heavy (non-hydrogen) atoms. The van der Waals surface area contributed by atoms with Crippen molar-refractivity contribution >= 4 is 34.9 Å². The summed E-state index contributed by atoms with van der Waals surface area (Å²) in [5.41, 5.74) is 2.75. The molecule has 0 aliphatic carbocycles. The van der Waals surface area contributed by atoms with Crippen LogP contribution in [0, 0.1) is 5.92 Å². The van der Waals surface area contributed by atoms with Gasteiger partial charge in [-0.05, 0) is 43.8 Å². The normalized spacial score (nSPS) is 17.2. The SMILES string of the molecule is CCOC(=O)C1=C(C)N(C)C(=S)NC1c1cccc(NC(=O)C(C)C)c1. The maximum atomic E-state index is 12.5. The van der Waals surface area contributed by atoms with Crippen molar-refractivity contribution < 1.29 is 14.3 Å². The van der Waals surface area contributed by atoms with Gasteiger partial charge in [-0.1, -0.05) is 26.0 Å². The zero-order valence-electron chi connectivity index (χ0n) is 15.8. The highest BCUT2D eigenvalue weighted by atomic mass is 32.1. The minimum atomic E-state index is -0.436. The van der Waals surface area contributed by atoms with Gasteiger partial charge < -0.3 is 20.3 Å². The second-order valence-electron chi connectivity index (χ2n) is 6.43. The number of allylic oxidation sites excluding steroid dienone is 1. The molecule has 1 atom stereocenters. The Balaban J connectivity index is 2.42. The first-order valence-electron chi connectivity index (χ1n) is 8.59. The molecule has 7 heteroatoms. The van der Waals surface area contributed by atoms with Gasteiger partial charge in [0.25, 0.3) is 0 Å². The van der Waals surface area contributed by atoms with Crippen molar-refractivity contribution in [2.75, 3.05) is 19.0 Å². The van der Waals surface area contributed by atoms with Crippen molar-refractivity contribution in [3.8, 4) is 0 Å². The van der Waals surface area contributed by atoms with Crippen LogP contribution in [0.4, 0.5) is 5.69 Å². The number of esters is 1. The summed E-state index contributed by atoms with van der Waals surface area (Å²) in [5, 5.41) is 6.60. The van der Waals surface area contributed by atoms with Crippen LogP contribution in [0.2, 0.25) is 0 Å². The van der Waals surface area contributed by atoms with Gasteiger partial charge in [-0.3, -0.25) is 4.79 Å². The number of nitrogens with one attached hydrogen (secondary N) is 2. The zero-order chi connectivity index (χ0) is 19.4. The zero-order valence-corrected chi connectivity index (χ0v) is 16.6. The third kappa shape index (κ3) is 4.22. The van der Waals surface area contributed by atoms with Crippen molar-refractivity contribution in [3.63, 3.8) is 0 Å². The average Bonchev–Trinajstić information content (AvgIpc) is 2.59. The maximum Gasteiger partial charge on any atom is 0.338 e. The van der Waals surface area contributed by atoms with Crippen LogP contribution in [-0.4, -0.2) is 35.5 Å². The molecule has 1 heterocycles. The summed E-state index contributed by atoms with van der Waals surface area (Å²) in [6.07, 6.45) is 0. The van der Waals surface area contributed by atoms with Crippen LogP contribution in [0.1, 0.15) is 39.3 Å². The molecular formula is C19H25N3O3S. The summed E-state index contributed by atoms with van der Waals surface area (Å²) in [5.74, 6) is -0.565. The van der Waals surface area contributed by atoms with Crippen LogP contribution >= 0.6 is 12.2 Å². The molecule has 1 aromatic rings. The van der Waals surface area contributed by atoms with Gasteiger partial charge in [0.05, 0.1) is 18.2 Å². The number of hydrogen-bond acceptors (Lipinski definition) is 4. The predicted molar refractivity (Wildman–Crippen MR) is 105 cm³/mol. The lowest BCUT2D eigenvalue weighted by molar-refractivity contribution is -0.139. The second-order valence-corrected chi connectivity index (χ2v) is 6.82. The third-order valence-corrected chi connectivity index (χ3v) is 4.65. The Kier molecular flexibility index (Phi) is 6.37. The number of thiocarbonyl (C=S) groups is 1. The molecule has 1 unspecified atom stereocenters. The van der Waals surface area contributed by atoms with Gasteiger partial charge in [0.1, 0.15) is 0 Å².